The van der Waals surface area contributed by atoms with Crippen LogP contribution in [0.5, 0.6) is 0 Å². The standard InChI is InChI=1S/C20H30N2O5S/c1-3-22(4-2)28(25,26)18-11-9-17(10-12-18)14-21-19(23)15-27-20(24)13-16-7-5-6-8-16/h9-12,16H,3-8,13-15H2,1-2H3,(H,21,23). The number of carbonyl (C=O) groups excluding carboxylic acids is 2. The van der Waals surface area contributed by atoms with Crippen molar-refractivity contribution >= 4 is 21.9 Å². The van der Waals surface area contributed by atoms with Crippen molar-refractivity contribution in [3.63, 3.8) is 0 Å². The maximum Gasteiger partial charge on any atom is 0.306 e. The highest BCUT2D eigenvalue weighted by atomic mass is 32.2. The lowest BCUT2D eigenvalue weighted by Crippen LogP contribution is -2.30. The Kier molecular flexibility index (Phi) is 8.44. The first-order valence-corrected chi connectivity index (χ1v) is 11.3. The van der Waals surface area contributed by atoms with Crippen molar-refractivity contribution in [2.75, 3.05) is 19.7 Å². The fraction of sp³-hybridized carbons (Fsp3) is 0.600. The molecule has 2 rings (SSSR count). The van der Waals surface area contributed by atoms with Crippen molar-refractivity contribution in [1.82, 2.24) is 9.62 Å². The Hall–Kier alpha value is -1.93. The van der Waals surface area contributed by atoms with Crippen molar-refractivity contribution in [2.24, 2.45) is 5.92 Å². The number of amides is 1. The fourth-order valence-electron chi connectivity index (χ4n) is 3.40. The number of rotatable bonds is 10. The molecule has 0 unspecified atom stereocenters. The van der Waals surface area contributed by atoms with Gasteiger partial charge in [0.05, 0.1) is 4.90 Å². The number of hydrogen-bond acceptors (Lipinski definition) is 5. The smallest absolute Gasteiger partial charge is 0.306 e. The van der Waals surface area contributed by atoms with Crippen LogP contribution >= 0.6 is 0 Å². The second-order valence-corrected chi connectivity index (χ2v) is 8.96. The Bertz CT molecular complexity index is 751. The van der Waals surface area contributed by atoms with E-state index in [1.807, 2.05) is 0 Å². The normalized spacial score (nSPS) is 15.0. The number of hydrogen-bond donors (Lipinski definition) is 1. The van der Waals surface area contributed by atoms with E-state index < -0.39 is 10.0 Å². The van der Waals surface area contributed by atoms with Gasteiger partial charge in [0.2, 0.25) is 10.0 Å². The highest BCUT2D eigenvalue weighted by Gasteiger charge is 2.21. The van der Waals surface area contributed by atoms with Gasteiger partial charge in [-0.05, 0) is 36.5 Å². The molecular formula is C20H30N2O5S. The van der Waals surface area contributed by atoms with E-state index >= 15 is 0 Å². The molecule has 0 heterocycles. The van der Waals surface area contributed by atoms with Gasteiger partial charge in [-0.1, -0.05) is 38.8 Å². The molecule has 1 aliphatic rings. The quantitative estimate of drug-likeness (QED) is 0.598. The zero-order valence-electron chi connectivity index (χ0n) is 16.6. The summed E-state index contributed by atoms with van der Waals surface area (Å²) in [6, 6.07) is 6.42. The van der Waals surface area contributed by atoms with E-state index in [-0.39, 0.29) is 29.9 Å². The molecule has 0 aliphatic heterocycles. The summed E-state index contributed by atoms with van der Waals surface area (Å²) in [5, 5.41) is 2.68. The van der Waals surface area contributed by atoms with E-state index in [1.54, 1.807) is 26.0 Å². The second kappa shape index (κ2) is 10.6. The first-order chi connectivity index (χ1) is 13.4. The lowest BCUT2D eigenvalue weighted by Gasteiger charge is -2.18. The Morgan fingerprint density at radius 3 is 2.29 bits per heavy atom. The number of carbonyl (C=O) groups is 2. The molecule has 0 atom stereocenters. The maximum atomic E-state index is 12.5. The summed E-state index contributed by atoms with van der Waals surface area (Å²) >= 11 is 0. The molecule has 1 saturated carbocycles. The molecule has 0 radical (unpaired) electrons. The van der Waals surface area contributed by atoms with Crippen LogP contribution in [0.3, 0.4) is 0 Å². The van der Waals surface area contributed by atoms with E-state index in [1.165, 1.54) is 16.4 Å². The Morgan fingerprint density at radius 2 is 1.71 bits per heavy atom. The van der Waals surface area contributed by atoms with Gasteiger partial charge in [-0.15, -0.1) is 0 Å². The van der Waals surface area contributed by atoms with Crippen molar-refractivity contribution in [3.8, 4) is 0 Å². The number of sulfonamides is 1. The third-order valence-corrected chi connectivity index (χ3v) is 7.11. The zero-order chi connectivity index (χ0) is 20.6. The molecular weight excluding hydrogens is 380 g/mol. The van der Waals surface area contributed by atoms with Gasteiger partial charge in [0.25, 0.3) is 5.91 Å². The minimum absolute atomic E-state index is 0.229. The first-order valence-electron chi connectivity index (χ1n) is 9.88. The molecule has 0 bridgehead atoms. The van der Waals surface area contributed by atoms with Crippen LogP contribution in [0.2, 0.25) is 0 Å². The number of ether oxygens (including phenoxy) is 1. The number of nitrogens with one attached hydrogen (secondary N) is 1. The third-order valence-electron chi connectivity index (χ3n) is 5.05. The summed E-state index contributed by atoms with van der Waals surface area (Å²) in [6.07, 6.45) is 4.82. The molecule has 1 aromatic carbocycles. The van der Waals surface area contributed by atoms with Crippen LogP contribution in [-0.4, -0.2) is 44.3 Å². The van der Waals surface area contributed by atoms with Crippen LogP contribution in [0.4, 0.5) is 0 Å². The van der Waals surface area contributed by atoms with Crippen molar-refractivity contribution in [2.45, 2.75) is 57.4 Å². The molecule has 28 heavy (non-hydrogen) atoms. The molecule has 1 fully saturated rings. The monoisotopic (exact) mass is 410 g/mol. The molecule has 7 nitrogen and oxygen atoms in total. The van der Waals surface area contributed by atoms with Crippen LogP contribution in [0.1, 0.15) is 51.5 Å². The first kappa shape index (κ1) is 22.4. The van der Waals surface area contributed by atoms with Crippen LogP contribution in [-0.2, 0) is 30.9 Å². The summed E-state index contributed by atoms with van der Waals surface area (Å²) in [6.45, 7) is 4.37. The van der Waals surface area contributed by atoms with Crippen LogP contribution in [0, 0.1) is 5.92 Å². The third kappa shape index (κ3) is 6.31. The predicted octanol–water partition coefficient (Wildman–Crippen LogP) is 2.46. The van der Waals surface area contributed by atoms with Gasteiger partial charge in [0.1, 0.15) is 0 Å². The van der Waals surface area contributed by atoms with Gasteiger partial charge < -0.3 is 10.1 Å². The SMILES string of the molecule is CCN(CC)S(=O)(=O)c1ccc(CNC(=O)COC(=O)CC2CCCC2)cc1. The van der Waals surface area contributed by atoms with Crippen LogP contribution < -0.4 is 5.32 Å². The number of benzene rings is 1. The Labute approximate surface area is 167 Å². The molecule has 8 heteroatoms. The van der Waals surface area contributed by atoms with E-state index in [2.05, 4.69) is 5.32 Å². The maximum absolute atomic E-state index is 12.5. The fourth-order valence-corrected chi connectivity index (χ4v) is 4.86. The minimum atomic E-state index is -3.49. The molecule has 156 valence electrons. The average Bonchev–Trinajstić information content (AvgIpc) is 3.18. The zero-order valence-corrected chi connectivity index (χ0v) is 17.5. The summed E-state index contributed by atoms with van der Waals surface area (Å²) in [5.41, 5.74) is 0.768. The second-order valence-electron chi connectivity index (χ2n) is 7.03. The summed E-state index contributed by atoms with van der Waals surface area (Å²) < 4.78 is 31.3. The van der Waals surface area contributed by atoms with Crippen molar-refractivity contribution in [3.05, 3.63) is 29.8 Å². The van der Waals surface area contributed by atoms with Gasteiger partial charge in [0.15, 0.2) is 6.61 Å². The van der Waals surface area contributed by atoms with Crippen LogP contribution in [0.15, 0.2) is 29.2 Å². The lowest BCUT2D eigenvalue weighted by molar-refractivity contribution is -0.149. The number of nitrogens with zero attached hydrogens (tertiary/aromatic N) is 1. The summed E-state index contributed by atoms with van der Waals surface area (Å²) in [7, 11) is -3.49. The van der Waals surface area contributed by atoms with Crippen molar-refractivity contribution in [1.29, 1.82) is 0 Å². The average molecular weight is 411 g/mol. The predicted molar refractivity (Wildman–Crippen MR) is 106 cm³/mol. The van der Waals surface area contributed by atoms with Gasteiger partial charge in [0, 0.05) is 26.1 Å². The van der Waals surface area contributed by atoms with Crippen LogP contribution in [0.25, 0.3) is 0 Å². The minimum Gasteiger partial charge on any atom is -0.456 e. The largest absolute Gasteiger partial charge is 0.456 e. The number of esters is 1. The lowest BCUT2D eigenvalue weighted by atomic mass is 10.1. The molecule has 0 saturated heterocycles. The highest BCUT2D eigenvalue weighted by molar-refractivity contribution is 7.89. The molecule has 1 aromatic rings. The molecule has 1 N–H and O–H groups in total. The topological polar surface area (TPSA) is 92.8 Å². The van der Waals surface area contributed by atoms with Gasteiger partial charge in [-0.25, -0.2) is 8.42 Å². The Morgan fingerprint density at radius 1 is 1.11 bits per heavy atom. The summed E-state index contributed by atoms with van der Waals surface area (Å²) in [5.74, 6) is -0.311. The van der Waals surface area contributed by atoms with E-state index in [4.69, 9.17) is 4.74 Å². The van der Waals surface area contributed by atoms with E-state index in [0.29, 0.717) is 25.4 Å². The van der Waals surface area contributed by atoms with Crippen molar-refractivity contribution < 1.29 is 22.7 Å². The van der Waals surface area contributed by atoms with Gasteiger partial charge >= 0.3 is 5.97 Å². The Balaban J connectivity index is 1.77. The molecule has 1 amide bonds. The molecule has 1 aliphatic carbocycles. The van der Waals surface area contributed by atoms with E-state index in [9.17, 15) is 18.0 Å². The highest BCUT2D eigenvalue weighted by Crippen LogP contribution is 2.27. The summed E-state index contributed by atoms with van der Waals surface area (Å²) in [4.78, 5) is 23.8. The van der Waals surface area contributed by atoms with E-state index in [0.717, 1.165) is 31.2 Å². The molecule has 0 spiro atoms. The molecule has 0 aromatic heterocycles. The van der Waals surface area contributed by atoms with Gasteiger partial charge in [-0.2, -0.15) is 4.31 Å². The van der Waals surface area contributed by atoms with Gasteiger partial charge in [-0.3, -0.25) is 9.59 Å².